The van der Waals surface area contributed by atoms with Gasteiger partial charge < -0.3 is 10.2 Å². The van der Waals surface area contributed by atoms with Crippen LogP contribution in [0, 0.1) is 3.57 Å². The van der Waals surface area contributed by atoms with E-state index in [1.165, 1.54) is 22.5 Å². The summed E-state index contributed by atoms with van der Waals surface area (Å²) >= 11 is 3.19. The molecule has 2 heterocycles. The molecule has 1 aliphatic rings. The number of nitrogens with zero attached hydrogens (tertiary/aromatic N) is 1. The van der Waals surface area contributed by atoms with Crippen LogP contribution in [0.1, 0.15) is 11.8 Å². The molecule has 1 aromatic rings. The van der Waals surface area contributed by atoms with E-state index in [4.69, 9.17) is 5.11 Å². The molecule has 1 fully saturated rings. The molecule has 3 unspecified atom stereocenters. The van der Waals surface area contributed by atoms with Gasteiger partial charge in [0.2, 0.25) is 0 Å². The zero-order valence-corrected chi connectivity index (χ0v) is 11.6. The number of aromatic amines is 1. The van der Waals surface area contributed by atoms with E-state index in [9.17, 15) is 14.7 Å². The first-order valence-corrected chi connectivity index (χ1v) is 7.00. The van der Waals surface area contributed by atoms with E-state index in [1.807, 2.05) is 22.6 Å². The number of halogens is 1. The minimum atomic E-state index is -0.633. The van der Waals surface area contributed by atoms with Crippen molar-refractivity contribution in [2.75, 3.05) is 6.61 Å². The normalized spacial score (nSPS) is 28.5. The highest BCUT2D eigenvalue weighted by molar-refractivity contribution is 14.1. The van der Waals surface area contributed by atoms with Gasteiger partial charge in [0.15, 0.2) is 0 Å². The minimum Gasteiger partial charge on any atom is -0.395 e. The second-order valence-electron chi connectivity index (χ2n) is 3.76. The van der Waals surface area contributed by atoms with Gasteiger partial charge in [-0.25, -0.2) is 4.79 Å². The molecule has 0 bridgehead atoms. The lowest BCUT2D eigenvalue weighted by molar-refractivity contribution is 0.137. The van der Waals surface area contributed by atoms with E-state index < -0.39 is 17.4 Å². The highest BCUT2D eigenvalue weighted by atomic mass is 127. The molecule has 0 radical (unpaired) electrons. The van der Waals surface area contributed by atoms with Gasteiger partial charge in [-0.3, -0.25) is 14.3 Å². The summed E-state index contributed by atoms with van der Waals surface area (Å²) in [4.78, 5) is 25.1. The summed E-state index contributed by atoms with van der Waals surface area (Å²) in [5.41, 5.74) is -0.896. The number of thioether (sulfide) groups is 1. The molecule has 94 valence electrons. The van der Waals surface area contributed by atoms with Gasteiger partial charge in [-0.1, -0.05) is 0 Å². The maximum Gasteiger partial charge on any atom is 0.329 e. The third-order valence-corrected chi connectivity index (χ3v) is 4.93. The van der Waals surface area contributed by atoms with Crippen molar-refractivity contribution < 1.29 is 10.2 Å². The van der Waals surface area contributed by atoms with Crippen molar-refractivity contribution in [3.8, 4) is 0 Å². The molecule has 2 rings (SSSR count). The van der Waals surface area contributed by atoms with Crippen LogP contribution in [0.15, 0.2) is 15.8 Å². The lowest BCUT2D eigenvalue weighted by Gasteiger charge is -2.12. The van der Waals surface area contributed by atoms with E-state index >= 15 is 0 Å². The van der Waals surface area contributed by atoms with Gasteiger partial charge in [0, 0.05) is 12.6 Å². The van der Waals surface area contributed by atoms with Gasteiger partial charge in [-0.2, -0.15) is 0 Å². The molecular formula is C9H11IN2O4S. The standard InChI is InChI=1S/C9H11IN2O4S/c10-4-2-12(9(16)11-8(4)15)7-1-5(14)6(3-13)17-7/h2,5-7,13-14H,1,3H2,(H,11,15,16). The first kappa shape index (κ1) is 13.1. The summed E-state index contributed by atoms with van der Waals surface area (Å²) in [6.45, 7) is -0.127. The Balaban J connectivity index is 2.34. The van der Waals surface area contributed by atoms with Crippen LogP contribution in [-0.2, 0) is 0 Å². The minimum absolute atomic E-state index is 0.127. The van der Waals surface area contributed by atoms with Gasteiger partial charge in [0.05, 0.1) is 26.9 Å². The van der Waals surface area contributed by atoms with Crippen molar-refractivity contribution in [2.24, 2.45) is 0 Å². The highest BCUT2D eigenvalue weighted by Gasteiger charge is 2.34. The van der Waals surface area contributed by atoms with E-state index in [1.54, 1.807) is 0 Å². The maximum atomic E-state index is 11.6. The molecule has 0 amide bonds. The second-order valence-corrected chi connectivity index (χ2v) is 6.34. The number of nitrogens with one attached hydrogen (secondary N) is 1. The molecule has 3 N–H and O–H groups in total. The van der Waals surface area contributed by atoms with E-state index in [2.05, 4.69) is 4.98 Å². The van der Waals surface area contributed by atoms with Crippen LogP contribution in [0.3, 0.4) is 0 Å². The molecule has 1 aliphatic heterocycles. The number of aromatic nitrogens is 2. The number of H-pyrrole nitrogens is 1. The van der Waals surface area contributed by atoms with Gasteiger partial charge in [0.1, 0.15) is 0 Å². The third-order valence-electron chi connectivity index (χ3n) is 2.62. The molecular weight excluding hydrogens is 359 g/mol. The molecule has 0 aliphatic carbocycles. The van der Waals surface area contributed by atoms with Crippen molar-refractivity contribution in [2.45, 2.75) is 23.1 Å². The van der Waals surface area contributed by atoms with Gasteiger partial charge in [-0.05, 0) is 22.6 Å². The van der Waals surface area contributed by atoms with Crippen LogP contribution in [0.4, 0.5) is 0 Å². The summed E-state index contributed by atoms with van der Waals surface area (Å²) in [6, 6.07) is 0. The summed E-state index contributed by atoms with van der Waals surface area (Å²) in [7, 11) is 0. The fourth-order valence-electron chi connectivity index (χ4n) is 1.72. The Morgan fingerprint density at radius 3 is 2.88 bits per heavy atom. The molecule has 1 aromatic heterocycles. The Kier molecular flexibility index (Phi) is 3.95. The predicted octanol–water partition coefficient (Wildman–Crippen LogP) is -0.502. The van der Waals surface area contributed by atoms with Gasteiger partial charge >= 0.3 is 5.69 Å². The lowest BCUT2D eigenvalue weighted by Crippen LogP contribution is -2.32. The number of hydrogen-bond donors (Lipinski definition) is 3. The monoisotopic (exact) mass is 370 g/mol. The summed E-state index contributed by atoms with van der Waals surface area (Å²) in [5, 5.41) is 18.2. The zero-order chi connectivity index (χ0) is 12.6. The van der Waals surface area contributed by atoms with Crippen molar-refractivity contribution >= 4 is 34.4 Å². The predicted molar refractivity (Wildman–Crippen MR) is 72.2 cm³/mol. The van der Waals surface area contributed by atoms with Crippen LogP contribution in [0.25, 0.3) is 0 Å². The smallest absolute Gasteiger partial charge is 0.329 e. The van der Waals surface area contributed by atoms with Crippen molar-refractivity contribution in [1.29, 1.82) is 0 Å². The molecule has 6 nitrogen and oxygen atoms in total. The largest absolute Gasteiger partial charge is 0.395 e. The van der Waals surface area contributed by atoms with Gasteiger partial charge in [-0.15, -0.1) is 11.8 Å². The molecule has 3 atom stereocenters. The Hall–Kier alpha value is -0.320. The maximum absolute atomic E-state index is 11.6. The summed E-state index contributed by atoms with van der Waals surface area (Å²) in [5.74, 6) is 0. The van der Waals surface area contributed by atoms with Crippen LogP contribution >= 0.6 is 34.4 Å². The van der Waals surface area contributed by atoms with Gasteiger partial charge in [0.25, 0.3) is 5.56 Å². The van der Waals surface area contributed by atoms with Crippen molar-refractivity contribution in [1.82, 2.24) is 9.55 Å². The topological polar surface area (TPSA) is 95.3 Å². The Morgan fingerprint density at radius 2 is 2.29 bits per heavy atom. The molecule has 0 aromatic carbocycles. The van der Waals surface area contributed by atoms with Crippen LogP contribution in [0.2, 0.25) is 0 Å². The highest BCUT2D eigenvalue weighted by Crippen LogP contribution is 2.40. The van der Waals surface area contributed by atoms with E-state index in [-0.39, 0.29) is 17.2 Å². The quantitative estimate of drug-likeness (QED) is 0.610. The summed E-state index contributed by atoms with van der Waals surface area (Å²) < 4.78 is 1.82. The van der Waals surface area contributed by atoms with E-state index in [0.29, 0.717) is 9.99 Å². The van der Waals surface area contributed by atoms with Crippen LogP contribution in [-0.4, -0.2) is 37.7 Å². The number of aliphatic hydroxyl groups excluding tert-OH is 2. The van der Waals surface area contributed by atoms with Crippen molar-refractivity contribution in [3.63, 3.8) is 0 Å². The molecule has 0 saturated carbocycles. The van der Waals surface area contributed by atoms with E-state index in [0.717, 1.165) is 0 Å². The SMILES string of the molecule is O=c1[nH]c(=O)n(C2CC(O)C(CO)S2)cc1I. The Labute approximate surface area is 114 Å². The Morgan fingerprint density at radius 1 is 1.59 bits per heavy atom. The fraction of sp³-hybridized carbons (Fsp3) is 0.556. The first-order chi connectivity index (χ1) is 8.02. The fourth-order valence-corrected chi connectivity index (χ4v) is 3.54. The molecule has 0 spiro atoms. The average Bonchev–Trinajstić information content (AvgIpc) is 2.65. The molecule has 17 heavy (non-hydrogen) atoms. The van der Waals surface area contributed by atoms with Crippen LogP contribution < -0.4 is 11.2 Å². The average molecular weight is 370 g/mol. The zero-order valence-electron chi connectivity index (χ0n) is 8.67. The Bertz CT molecular complexity index is 528. The number of hydrogen-bond acceptors (Lipinski definition) is 5. The number of rotatable bonds is 2. The number of aliphatic hydroxyl groups is 2. The third kappa shape index (κ3) is 2.59. The molecule has 1 saturated heterocycles. The second kappa shape index (κ2) is 5.12. The van der Waals surface area contributed by atoms with Crippen LogP contribution in [0.5, 0.6) is 0 Å². The lowest BCUT2D eigenvalue weighted by atomic mass is 10.2. The summed E-state index contributed by atoms with van der Waals surface area (Å²) in [6.07, 6.45) is 1.23. The molecule has 8 heteroatoms. The van der Waals surface area contributed by atoms with Crippen molar-refractivity contribution in [3.05, 3.63) is 30.6 Å². The first-order valence-electron chi connectivity index (χ1n) is 4.98.